The third-order valence-electron chi connectivity index (χ3n) is 6.13. The number of ether oxygens (including phenoxy) is 1. The molecule has 0 saturated carbocycles. The number of aryl methyl sites for hydroxylation is 3. The van der Waals surface area contributed by atoms with Gasteiger partial charge < -0.3 is 23.5 Å². The van der Waals surface area contributed by atoms with Gasteiger partial charge in [-0.15, -0.1) is 0 Å². The number of hydrogen-bond acceptors (Lipinski definition) is 10. The lowest BCUT2D eigenvalue weighted by Gasteiger charge is -2.28. The summed E-state index contributed by atoms with van der Waals surface area (Å²) in [6.07, 6.45) is 1.19. The van der Waals surface area contributed by atoms with Gasteiger partial charge in [-0.25, -0.2) is 4.98 Å². The maximum atomic E-state index is 13.3. The molecular weight excluding hydrogens is 555 g/mol. The Balaban J connectivity index is 1.68. The molecule has 11 nitrogen and oxygen atoms in total. The van der Waals surface area contributed by atoms with E-state index in [1.807, 2.05) is 6.92 Å². The normalized spacial score (nSPS) is 20.6. The van der Waals surface area contributed by atoms with Gasteiger partial charge in [0.2, 0.25) is 5.95 Å². The van der Waals surface area contributed by atoms with Crippen molar-refractivity contribution in [2.75, 3.05) is 12.3 Å². The van der Waals surface area contributed by atoms with Crippen molar-refractivity contribution in [1.82, 2.24) is 19.5 Å². The van der Waals surface area contributed by atoms with Crippen molar-refractivity contribution in [3.8, 4) is 5.88 Å². The second-order valence-electron chi connectivity index (χ2n) is 12.0. The number of anilines is 1. The highest BCUT2D eigenvalue weighted by Crippen LogP contribution is 2.36. The standard InChI is InChI=1S/C25H39N5O6SSi2/c1-15-10-16(2)22(17(3)11-15)37(31,32)35-24-21-23(28-25(26)29-24)30(14-27-21)20-12-18(36-39(7,8)9)19(34-20)13-33-38(4,5)6/h10-11,14,18-20H,12-13H2,1-9H3,(H2,26,28,29). The van der Waals surface area contributed by atoms with Crippen molar-refractivity contribution in [1.29, 1.82) is 0 Å². The van der Waals surface area contributed by atoms with E-state index in [2.05, 4.69) is 54.2 Å². The number of imidazole rings is 1. The van der Waals surface area contributed by atoms with E-state index in [-0.39, 0.29) is 34.4 Å². The van der Waals surface area contributed by atoms with Crippen molar-refractivity contribution in [2.24, 2.45) is 0 Å². The van der Waals surface area contributed by atoms with Crippen LogP contribution in [0.4, 0.5) is 5.95 Å². The van der Waals surface area contributed by atoms with E-state index in [4.69, 9.17) is 23.5 Å². The van der Waals surface area contributed by atoms with Crippen LogP contribution in [-0.2, 0) is 23.7 Å². The Morgan fingerprint density at radius 1 is 1.05 bits per heavy atom. The Labute approximate surface area is 232 Å². The molecule has 0 amide bonds. The summed E-state index contributed by atoms with van der Waals surface area (Å²) in [6.45, 7) is 18.6. The summed E-state index contributed by atoms with van der Waals surface area (Å²) < 4.78 is 53.0. The second kappa shape index (κ2) is 10.6. The Hall–Kier alpha value is -2.37. The number of nitrogens with zero attached hydrogens (tertiary/aromatic N) is 4. The first-order valence-electron chi connectivity index (χ1n) is 12.9. The minimum atomic E-state index is -4.22. The fourth-order valence-electron chi connectivity index (χ4n) is 4.81. The fourth-order valence-corrected chi connectivity index (χ4v) is 7.95. The molecule has 0 aliphatic carbocycles. The number of nitrogen functional groups attached to an aromatic ring is 1. The highest BCUT2D eigenvalue weighted by molar-refractivity contribution is 7.87. The van der Waals surface area contributed by atoms with E-state index in [1.165, 1.54) is 0 Å². The molecule has 3 aromatic rings. The van der Waals surface area contributed by atoms with Crippen LogP contribution in [0.3, 0.4) is 0 Å². The lowest BCUT2D eigenvalue weighted by Crippen LogP contribution is -2.40. The molecule has 39 heavy (non-hydrogen) atoms. The van der Waals surface area contributed by atoms with E-state index in [9.17, 15) is 8.42 Å². The minimum Gasteiger partial charge on any atom is -0.415 e. The zero-order valence-corrected chi connectivity index (χ0v) is 26.9. The molecule has 2 aromatic heterocycles. The molecular formula is C25H39N5O6SSi2. The smallest absolute Gasteiger partial charge is 0.341 e. The number of rotatable bonds is 9. The van der Waals surface area contributed by atoms with Crippen LogP contribution in [0.25, 0.3) is 11.2 Å². The Kier molecular flexibility index (Phi) is 8.01. The number of hydrogen-bond donors (Lipinski definition) is 1. The van der Waals surface area contributed by atoms with Gasteiger partial charge in [-0.05, 0) is 71.2 Å². The van der Waals surface area contributed by atoms with E-state index < -0.39 is 33.0 Å². The average molecular weight is 594 g/mol. The average Bonchev–Trinajstić information content (AvgIpc) is 3.33. The monoisotopic (exact) mass is 593 g/mol. The van der Waals surface area contributed by atoms with Gasteiger partial charge >= 0.3 is 10.1 Å². The molecule has 3 unspecified atom stereocenters. The first kappa shape index (κ1) is 29.6. The summed E-state index contributed by atoms with van der Waals surface area (Å²) in [5.74, 6) is -0.375. The van der Waals surface area contributed by atoms with Crippen LogP contribution in [0.15, 0.2) is 23.4 Å². The molecule has 4 rings (SSSR count). The third-order valence-corrected chi connectivity index (χ3v) is 9.69. The topological polar surface area (TPSA) is 141 Å². The predicted octanol–water partition coefficient (Wildman–Crippen LogP) is 4.46. The van der Waals surface area contributed by atoms with Gasteiger partial charge in [0.05, 0.1) is 19.0 Å². The maximum Gasteiger partial charge on any atom is 0.341 e. The van der Waals surface area contributed by atoms with E-state index in [1.54, 1.807) is 36.9 Å². The largest absolute Gasteiger partial charge is 0.415 e. The van der Waals surface area contributed by atoms with Gasteiger partial charge in [-0.3, -0.25) is 4.57 Å². The predicted molar refractivity (Wildman–Crippen MR) is 154 cm³/mol. The van der Waals surface area contributed by atoms with Crippen LogP contribution in [0, 0.1) is 20.8 Å². The first-order chi connectivity index (χ1) is 17.9. The Morgan fingerprint density at radius 3 is 2.28 bits per heavy atom. The Morgan fingerprint density at radius 2 is 1.69 bits per heavy atom. The minimum absolute atomic E-state index is 0.0913. The van der Waals surface area contributed by atoms with Crippen LogP contribution in [0.1, 0.15) is 29.3 Å². The first-order valence-corrected chi connectivity index (χ1v) is 21.2. The zero-order valence-electron chi connectivity index (χ0n) is 24.1. The molecule has 1 saturated heterocycles. The summed E-state index contributed by atoms with van der Waals surface area (Å²) in [4.78, 5) is 12.9. The molecule has 3 heterocycles. The van der Waals surface area contributed by atoms with Gasteiger partial charge in [0, 0.05) is 6.42 Å². The van der Waals surface area contributed by atoms with Crippen molar-refractivity contribution in [3.63, 3.8) is 0 Å². The van der Waals surface area contributed by atoms with E-state index in [0.29, 0.717) is 29.8 Å². The molecule has 3 atom stereocenters. The van der Waals surface area contributed by atoms with Crippen molar-refractivity contribution in [2.45, 2.75) is 89.8 Å². The fraction of sp³-hybridized carbons (Fsp3) is 0.560. The van der Waals surface area contributed by atoms with Crippen LogP contribution in [0.2, 0.25) is 39.3 Å². The van der Waals surface area contributed by atoms with E-state index in [0.717, 1.165) is 5.56 Å². The molecule has 0 bridgehead atoms. The van der Waals surface area contributed by atoms with Crippen LogP contribution in [-0.4, -0.2) is 63.4 Å². The molecule has 214 valence electrons. The van der Waals surface area contributed by atoms with Crippen LogP contribution in [0.5, 0.6) is 5.88 Å². The summed E-state index contributed by atoms with van der Waals surface area (Å²) >= 11 is 0. The van der Waals surface area contributed by atoms with Gasteiger partial charge in [-0.2, -0.15) is 18.4 Å². The van der Waals surface area contributed by atoms with E-state index >= 15 is 0 Å². The summed E-state index contributed by atoms with van der Waals surface area (Å²) in [5, 5.41) is 0. The number of fused-ring (bicyclic) bond motifs is 1. The molecule has 0 radical (unpaired) electrons. The molecule has 1 fully saturated rings. The molecule has 1 aliphatic heterocycles. The molecule has 0 spiro atoms. The zero-order chi connectivity index (χ0) is 28.9. The SMILES string of the molecule is Cc1cc(C)c(S(=O)(=O)Oc2nc(N)nc3c2ncn3C2CC(O[Si](C)(C)C)C(CO[Si](C)(C)C)O2)c(C)c1. The highest BCUT2D eigenvalue weighted by atomic mass is 32.2. The maximum absolute atomic E-state index is 13.3. The lowest BCUT2D eigenvalue weighted by molar-refractivity contribution is -0.0367. The summed E-state index contributed by atoms with van der Waals surface area (Å²) in [7, 11) is -7.88. The highest BCUT2D eigenvalue weighted by Gasteiger charge is 2.41. The molecule has 1 aliphatic rings. The van der Waals surface area contributed by atoms with Crippen molar-refractivity contribution < 1.29 is 26.2 Å². The Bertz CT molecular complexity index is 1460. The van der Waals surface area contributed by atoms with Crippen molar-refractivity contribution >= 4 is 43.9 Å². The van der Waals surface area contributed by atoms with Gasteiger partial charge in [0.1, 0.15) is 17.2 Å². The van der Waals surface area contributed by atoms with Gasteiger partial charge in [0.15, 0.2) is 27.8 Å². The number of aromatic nitrogens is 4. The second-order valence-corrected chi connectivity index (χ2v) is 22.5. The lowest BCUT2D eigenvalue weighted by atomic mass is 10.1. The summed E-state index contributed by atoms with van der Waals surface area (Å²) in [6, 6.07) is 3.58. The van der Waals surface area contributed by atoms with Crippen LogP contribution < -0.4 is 9.92 Å². The molecule has 14 heteroatoms. The number of nitrogens with two attached hydrogens (primary N) is 1. The van der Waals surface area contributed by atoms with Gasteiger partial charge in [0.25, 0.3) is 5.88 Å². The van der Waals surface area contributed by atoms with Crippen LogP contribution >= 0.6 is 0 Å². The van der Waals surface area contributed by atoms with Crippen molar-refractivity contribution in [3.05, 3.63) is 35.2 Å². The number of benzene rings is 1. The molecule has 1 aromatic carbocycles. The third kappa shape index (κ3) is 6.86. The summed E-state index contributed by atoms with van der Waals surface area (Å²) in [5.41, 5.74) is 8.61. The quantitative estimate of drug-likeness (QED) is 0.279. The molecule has 2 N–H and O–H groups in total. The van der Waals surface area contributed by atoms with Gasteiger partial charge in [-0.1, -0.05) is 17.7 Å².